The van der Waals surface area contributed by atoms with E-state index in [4.69, 9.17) is 4.74 Å². The number of thiazole rings is 1. The Labute approximate surface area is 170 Å². The average molecular weight is 438 g/mol. The van der Waals surface area contributed by atoms with Crippen molar-refractivity contribution in [2.75, 3.05) is 18.1 Å². The number of fused-ring (bicyclic) bond motifs is 1. The predicted molar refractivity (Wildman–Crippen MR) is 105 cm³/mol. The van der Waals surface area contributed by atoms with Crippen molar-refractivity contribution in [2.45, 2.75) is 17.3 Å². The van der Waals surface area contributed by atoms with Crippen LogP contribution in [-0.2, 0) is 15.6 Å². The Morgan fingerprint density at radius 2 is 2.03 bits per heavy atom. The lowest BCUT2D eigenvalue weighted by atomic mass is 10.2. The fraction of sp³-hybridized carbons (Fsp3) is 0.211. The number of anilines is 2. The number of halogens is 2. The standard InChI is InChI=1S/C19H16F2N2O4S2/c20-19(21)27-16-4-2-1-3-14(16)23-8-9-26-17-11-13(5-6-15(17)23)29(24,25)12-18-22-7-10-28-18/h1-7,10-11,19H,8-9,12H2. The third-order valence-corrected chi connectivity index (χ3v) is 6.91. The number of alkyl halides is 2. The highest BCUT2D eigenvalue weighted by Crippen LogP contribution is 2.42. The molecule has 0 aliphatic carbocycles. The summed E-state index contributed by atoms with van der Waals surface area (Å²) < 4.78 is 61.2. The molecule has 0 atom stereocenters. The van der Waals surface area contributed by atoms with Gasteiger partial charge in [-0.05, 0) is 24.3 Å². The van der Waals surface area contributed by atoms with Gasteiger partial charge in [0.05, 0.1) is 22.8 Å². The van der Waals surface area contributed by atoms with Gasteiger partial charge < -0.3 is 14.4 Å². The maximum atomic E-state index is 12.8. The van der Waals surface area contributed by atoms with Crippen LogP contribution in [0.4, 0.5) is 20.2 Å². The van der Waals surface area contributed by atoms with E-state index in [-0.39, 0.29) is 23.0 Å². The van der Waals surface area contributed by atoms with Gasteiger partial charge in [0.1, 0.15) is 28.9 Å². The second kappa shape index (κ2) is 7.96. The smallest absolute Gasteiger partial charge is 0.387 e. The average Bonchev–Trinajstić information content (AvgIpc) is 3.19. The minimum absolute atomic E-state index is 0.0378. The molecule has 1 aliphatic heterocycles. The third-order valence-electron chi connectivity index (χ3n) is 4.32. The van der Waals surface area contributed by atoms with Gasteiger partial charge in [0.25, 0.3) is 0 Å². The van der Waals surface area contributed by atoms with Gasteiger partial charge in [0.2, 0.25) is 0 Å². The van der Waals surface area contributed by atoms with Gasteiger partial charge in [-0.3, -0.25) is 0 Å². The topological polar surface area (TPSA) is 68.7 Å². The van der Waals surface area contributed by atoms with Crippen molar-refractivity contribution in [1.29, 1.82) is 0 Å². The fourth-order valence-electron chi connectivity index (χ4n) is 3.09. The van der Waals surface area contributed by atoms with Crippen LogP contribution in [0.3, 0.4) is 0 Å². The van der Waals surface area contributed by atoms with E-state index in [0.717, 1.165) is 0 Å². The second-order valence-corrected chi connectivity index (χ2v) is 9.13. The molecule has 0 bridgehead atoms. The van der Waals surface area contributed by atoms with Gasteiger partial charge in [-0.1, -0.05) is 12.1 Å². The van der Waals surface area contributed by atoms with Crippen LogP contribution in [0.5, 0.6) is 11.5 Å². The fourth-order valence-corrected chi connectivity index (χ4v) is 5.36. The molecule has 0 fully saturated rings. The first-order valence-corrected chi connectivity index (χ1v) is 11.2. The van der Waals surface area contributed by atoms with Crippen LogP contribution in [0.15, 0.2) is 58.9 Å². The molecule has 10 heteroatoms. The summed E-state index contributed by atoms with van der Waals surface area (Å²) >= 11 is 1.27. The molecule has 0 radical (unpaired) electrons. The molecular weight excluding hydrogens is 422 g/mol. The molecule has 4 rings (SSSR count). The predicted octanol–water partition coefficient (Wildman–Crippen LogP) is 4.25. The number of hydrogen-bond donors (Lipinski definition) is 0. The Morgan fingerprint density at radius 1 is 1.21 bits per heavy atom. The van der Waals surface area contributed by atoms with Gasteiger partial charge in [0, 0.05) is 17.6 Å². The summed E-state index contributed by atoms with van der Waals surface area (Å²) in [6.45, 7) is -2.27. The van der Waals surface area contributed by atoms with E-state index in [0.29, 0.717) is 28.7 Å². The normalized spacial score (nSPS) is 13.8. The van der Waals surface area contributed by atoms with Gasteiger partial charge >= 0.3 is 6.61 Å². The van der Waals surface area contributed by atoms with Crippen LogP contribution >= 0.6 is 11.3 Å². The van der Waals surface area contributed by atoms with Crippen LogP contribution in [0, 0.1) is 0 Å². The zero-order valence-electron chi connectivity index (χ0n) is 15.0. The molecular formula is C19H16F2N2O4S2. The molecule has 3 aromatic rings. The van der Waals surface area contributed by atoms with Crippen molar-refractivity contribution in [3.63, 3.8) is 0 Å². The Hall–Kier alpha value is -2.72. The molecule has 2 heterocycles. The summed E-state index contributed by atoms with van der Waals surface area (Å²) in [5.74, 6) is 0.206. The summed E-state index contributed by atoms with van der Waals surface area (Å²) in [6, 6.07) is 11.0. The molecule has 29 heavy (non-hydrogen) atoms. The van der Waals surface area contributed by atoms with Crippen molar-refractivity contribution in [3.8, 4) is 11.5 Å². The van der Waals surface area contributed by atoms with Gasteiger partial charge in [-0.15, -0.1) is 11.3 Å². The zero-order valence-corrected chi connectivity index (χ0v) is 16.6. The SMILES string of the molecule is O=S(=O)(Cc1nccs1)c1ccc2c(c1)OCCN2c1ccccc1OC(F)F. The number of hydrogen-bond acceptors (Lipinski definition) is 7. The van der Waals surface area contributed by atoms with Crippen molar-refractivity contribution >= 4 is 32.5 Å². The summed E-state index contributed by atoms with van der Waals surface area (Å²) in [5, 5.41) is 2.22. The monoisotopic (exact) mass is 438 g/mol. The molecule has 2 aromatic carbocycles. The van der Waals surface area contributed by atoms with Gasteiger partial charge in [-0.2, -0.15) is 8.78 Å². The van der Waals surface area contributed by atoms with Crippen LogP contribution in [0.1, 0.15) is 5.01 Å². The van der Waals surface area contributed by atoms with E-state index in [1.165, 1.54) is 29.5 Å². The lowest BCUT2D eigenvalue weighted by molar-refractivity contribution is -0.0494. The van der Waals surface area contributed by atoms with E-state index in [1.54, 1.807) is 40.7 Å². The first kappa shape index (κ1) is 19.6. The van der Waals surface area contributed by atoms with Crippen LogP contribution in [0.2, 0.25) is 0 Å². The molecule has 1 aromatic heterocycles. The molecule has 152 valence electrons. The number of rotatable bonds is 6. The minimum atomic E-state index is -3.60. The lowest BCUT2D eigenvalue weighted by Gasteiger charge is -2.32. The third kappa shape index (κ3) is 4.18. The van der Waals surface area contributed by atoms with Gasteiger partial charge in [0.15, 0.2) is 9.84 Å². The van der Waals surface area contributed by atoms with Crippen molar-refractivity contribution in [2.24, 2.45) is 0 Å². The minimum Gasteiger partial charge on any atom is -0.489 e. The van der Waals surface area contributed by atoms with Gasteiger partial charge in [-0.25, -0.2) is 13.4 Å². The molecule has 0 saturated carbocycles. The maximum Gasteiger partial charge on any atom is 0.387 e. The highest BCUT2D eigenvalue weighted by atomic mass is 32.2. The quantitative estimate of drug-likeness (QED) is 0.573. The number of aromatic nitrogens is 1. The molecule has 0 N–H and O–H groups in total. The summed E-state index contributed by atoms with van der Waals surface area (Å²) in [7, 11) is -3.60. The van der Waals surface area contributed by atoms with Crippen molar-refractivity contribution in [3.05, 3.63) is 59.0 Å². The number of para-hydroxylation sites is 2. The van der Waals surface area contributed by atoms with E-state index in [1.807, 2.05) is 0 Å². The molecule has 0 unspecified atom stereocenters. The molecule has 0 amide bonds. The maximum absolute atomic E-state index is 12.8. The Kier molecular flexibility index (Phi) is 5.37. The molecule has 0 saturated heterocycles. The second-order valence-electron chi connectivity index (χ2n) is 6.16. The number of sulfone groups is 1. The first-order chi connectivity index (χ1) is 13.9. The van der Waals surface area contributed by atoms with E-state index in [9.17, 15) is 17.2 Å². The number of ether oxygens (including phenoxy) is 2. The van der Waals surface area contributed by atoms with E-state index in [2.05, 4.69) is 9.72 Å². The highest BCUT2D eigenvalue weighted by molar-refractivity contribution is 7.90. The summed E-state index contributed by atoms with van der Waals surface area (Å²) in [4.78, 5) is 5.91. The van der Waals surface area contributed by atoms with Crippen LogP contribution < -0.4 is 14.4 Å². The zero-order chi connectivity index (χ0) is 20.4. The number of nitrogens with zero attached hydrogens (tertiary/aromatic N) is 2. The van der Waals surface area contributed by atoms with E-state index < -0.39 is 16.4 Å². The van der Waals surface area contributed by atoms with Crippen LogP contribution in [0.25, 0.3) is 0 Å². The molecule has 0 spiro atoms. The van der Waals surface area contributed by atoms with Crippen molar-refractivity contribution < 1.29 is 26.7 Å². The van der Waals surface area contributed by atoms with Crippen LogP contribution in [-0.4, -0.2) is 33.2 Å². The Bertz CT molecular complexity index is 1110. The largest absolute Gasteiger partial charge is 0.489 e. The summed E-state index contributed by atoms with van der Waals surface area (Å²) in [5.41, 5.74) is 1.03. The Balaban J connectivity index is 1.68. The van der Waals surface area contributed by atoms with E-state index >= 15 is 0 Å². The lowest BCUT2D eigenvalue weighted by Crippen LogP contribution is -2.29. The van der Waals surface area contributed by atoms with Crippen molar-refractivity contribution in [1.82, 2.24) is 4.98 Å². The molecule has 6 nitrogen and oxygen atoms in total. The summed E-state index contributed by atoms with van der Waals surface area (Å²) in [6.07, 6.45) is 1.56. The first-order valence-electron chi connectivity index (χ1n) is 8.63. The molecule has 1 aliphatic rings. The Morgan fingerprint density at radius 3 is 2.79 bits per heavy atom. The highest BCUT2D eigenvalue weighted by Gasteiger charge is 2.26. The number of benzene rings is 2.